The first-order chi connectivity index (χ1) is 10.1. The molecule has 0 spiro atoms. The van der Waals surface area contributed by atoms with E-state index in [1.54, 1.807) is 0 Å². The Morgan fingerprint density at radius 1 is 1.32 bits per heavy atom. The Morgan fingerprint density at radius 2 is 2.00 bits per heavy atom. The molecule has 1 atom stereocenters. The van der Waals surface area contributed by atoms with E-state index in [1.165, 1.54) is 6.07 Å². The van der Waals surface area contributed by atoms with Gasteiger partial charge in [-0.1, -0.05) is 0 Å². The van der Waals surface area contributed by atoms with Gasteiger partial charge >= 0.3 is 6.18 Å². The highest BCUT2D eigenvalue weighted by Crippen LogP contribution is 2.32. The Bertz CT molecular complexity index is 656. The van der Waals surface area contributed by atoms with Gasteiger partial charge < -0.3 is 4.90 Å². The average Bonchev–Trinajstić information content (AvgIpc) is 2.45. The van der Waals surface area contributed by atoms with E-state index in [1.807, 2.05) is 0 Å². The summed E-state index contributed by atoms with van der Waals surface area (Å²) in [6.45, 7) is 0.0246. The van der Waals surface area contributed by atoms with Gasteiger partial charge in [0.1, 0.15) is 6.04 Å². The van der Waals surface area contributed by atoms with E-state index in [0.717, 1.165) is 23.4 Å². The van der Waals surface area contributed by atoms with Gasteiger partial charge in [0.2, 0.25) is 0 Å². The predicted octanol–water partition coefficient (Wildman–Crippen LogP) is 2.04. The molecular weight excluding hydrogens is 321 g/mol. The molecule has 0 bridgehead atoms. The van der Waals surface area contributed by atoms with Crippen molar-refractivity contribution in [2.24, 2.45) is 0 Å². The second-order valence-electron chi connectivity index (χ2n) is 5.21. The number of pyridine rings is 1. The maximum Gasteiger partial charge on any atom is 0.408 e. The summed E-state index contributed by atoms with van der Waals surface area (Å²) >= 11 is 0. The van der Waals surface area contributed by atoms with Crippen molar-refractivity contribution < 1.29 is 26.4 Å². The number of piperidine rings is 1. The fraction of sp³-hybridized carbons (Fsp3) is 0.538. The minimum absolute atomic E-state index is 0.0246. The standard InChI is InChI=1S/C13H15F3N2O3S/c1-22(20,21)11-6-5-9(8-17-11)12(19)18-7-3-2-4-10(18)13(14,15)16/h5-6,8,10H,2-4,7H2,1H3. The van der Waals surface area contributed by atoms with Crippen molar-refractivity contribution in [2.45, 2.75) is 36.5 Å². The number of amides is 1. The van der Waals surface area contributed by atoms with E-state index < -0.39 is 28.0 Å². The lowest BCUT2D eigenvalue weighted by molar-refractivity contribution is -0.183. The molecule has 9 heteroatoms. The van der Waals surface area contributed by atoms with Crippen LogP contribution in [0.15, 0.2) is 23.4 Å². The lowest BCUT2D eigenvalue weighted by atomic mass is 10.0. The fourth-order valence-corrected chi connectivity index (χ4v) is 2.97. The molecule has 2 rings (SSSR count). The normalized spacial score (nSPS) is 20.0. The third-order valence-electron chi connectivity index (χ3n) is 3.50. The first-order valence-electron chi connectivity index (χ1n) is 6.64. The van der Waals surface area contributed by atoms with Crippen molar-refractivity contribution in [1.29, 1.82) is 0 Å². The number of halogens is 3. The van der Waals surface area contributed by atoms with E-state index in [0.29, 0.717) is 12.8 Å². The van der Waals surface area contributed by atoms with E-state index in [2.05, 4.69) is 4.98 Å². The summed E-state index contributed by atoms with van der Waals surface area (Å²) < 4.78 is 61.6. The third kappa shape index (κ3) is 3.57. The van der Waals surface area contributed by atoms with Gasteiger partial charge in [-0.3, -0.25) is 4.79 Å². The van der Waals surface area contributed by atoms with Crippen LogP contribution in [0.2, 0.25) is 0 Å². The van der Waals surface area contributed by atoms with Gasteiger partial charge in [0.05, 0.1) is 5.56 Å². The number of nitrogens with zero attached hydrogens (tertiary/aromatic N) is 2. The van der Waals surface area contributed by atoms with Crippen molar-refractivity contribution in [3.05, 3.63) is 23.9 Å². The second-order valence-corrected chi connectivity index (χ2v) is 7.17. The lowest BCUT2D eigenvalue weighted by Gasteiger charge is -2.36. The predicted molar refractivity (Wildman–Crippen MR) is 72.1 cm³/mol. The van der Waals surface area contributed by atoms with Crippen LogP contribution in [0.4, 0.5) is 13.2 Å². The molecule has 1 fully saturated rings. The van der Waals surface area contributed by atoms with Crippen molar-refractivity contribution in [1.82, 2.24) is 9.88 Å². The molecule has 2 heterocycles. The summed E-state index contributed by atoms with van der Waals surface area (Å²) in [4.78, 5) is 16.7. The van der Waals surface area contributed by atoms with Crippen molar-refractivity contribution in [3.63, 3.8) is 0 Å². The maximum atomic E-state index is 13.0. The smallest absolute Gasteiger partial charge is 0.326 e. The SMILES string of the molecule is CS(=O)(=O)c1ccc(C(=O)N2CCCCC2C(F)(F)F)cn1. The largest absolute Gasteiger partial charge is 0.408 e. The van der Waals surface area contributed by atoms with Gasteiger partial charge in [0, 0.05) is 19.0 Å². The summed E-state index contributed by atoms with van der Waals surface area (Å²) in [7, 11) is -3.52. The van der Waals surface area contributed by atoms with Gasteiger partial charge in [-0.15, -0.1) is 0 Å². The van der Waals surface area contributed by atoms with Crippen molar-refractivity contribution in [3.8, 4) is 0 Å². The molecular formula is C13H15F3N2O3S. The number of likely N-dealkylation sites (tertiary alicyclic amines) is 1. The van der Waals surface area contributed by atoms with Crippen LogP contribution in [-0.4, -0.2) is 49.2 Å². The van der Waals surface area contributed by atoms with Gasteiger partial charge in [0.25, 0.3) is 5.91 Å². The summed E-state index contributed by atoms with van der Waals surface area (Å²) in [6, 6.07) is 0.506. The second kappa shape index (κ2) is 5.86. The number of alkyl halides is 3. The molecule has 0 N–H and O–H groups in total. The molecule has 1 amide bonds. The molecule has 5 nitrogen and oxygen atoms in total. The number of carbonyl (C=O) groups excluding carboxylic acids is 1. The molecule has 1 aromatic rings. The van der Waals surface area contributed by atoms with Gasteiger partial charge in [-0.25, -0.2) is 13.4 Å². The summed E-state index contributed by atoms with van der Waals surface area (Å²) in [5.74, 6) is -0.783. The third-order valence-corrected chi connectivity index (χ3v) is 4.51. The molecule has 1 aliphatic heterocycles. The Kier molecular flexibility index (Phi) is 4.46. The van der Waals surface area contributed by atoms with Gasteiger partial charge in [-0.05, 0) is 31.4 Å². The minimum Gasteiger partial charge on any atom is -0.326 e. The number of aromatic nitrogens is 1. The number of sulfone groups is 1. The number of hydrogen-bond acceptors (Lipinski definition) is 4. The zero-order valence-corrected chi connectivity index (χ0v) is 12.6. The van der Waals surface area contributed by atoms with Crippen LogP contribution in [0.5, 0.6) is 0 Å². The number of hydrogen-bond donors (Lipinski definition) is 0. The molecule has 0 aromatic carbocycles. The highest BCUT2D eigenvalue weighted by molar-refractivity contribution is 7.90. The molecule has 1 unspecified atom stereocenters. The monoisotopic (exact) mass is 336 g/mol. The van der Waals surface area contributed by atoms with E-state index >= 15 is 0 Å². The van der Waals surface area contributed by atoms with Gasteiger partial charge in [0.15, 0.2) is 14.9 Å². The Morgan fingerprint density at radius 3 is 2.50 bits per heavy atom. The number of carbonyl (C=O) groups is 1. The summed E-state index contributed by atoms with van der Waals surface area (Å²) in [6.07, 6.45) is -1.71. The molecule has 1 aliphatic rings. The molecule has 0 saturated carbocycles. The van der Waals surface area contributed by atoms with E-state index in [4.69, 9.17) is 0 Å². The fourth-order valence-electron chi connectivity index (χ4n) is 2.41. The molecule has 0 radical (unpaired) electrons. The molecule has 22 heavy (non-hydrogen) atoms. The molecule has 0 aliphatic carbocycles. The first-order valence-corrected chi connectivity index (χ1v) is 8.53. The van der Waals surface area contributed by atoms with E-state index in [-0.39, 0.29) is 23.6 Å². The van der Waals surface area contributed by atoms with Crippen LogP contribution in [0, 0.1) is 0 Å². The highest BCUT2D eigenvalue weighted by Gasteiger charge is 2.46. The Labute approximate surface area is 126 Å². The highest BCUT2D eigenvalue weighted by atomic mass is 32.2. The maximum absolute atomic E-state index is 13.0. The van der Waals surface area contributed by atoms with Crippen LogP contribution in [0.1, 0.15) is 29.6 Å². The number of rotatable bonds is 2. The van der Waals surface area contributed by atoms with E-state index in [9.17, 15) is 26.4 Å². The zero-order chi connectivity index (χ0) is 16.5. The van der Waals surface area contributed by atoms with Crippen LogP contribution in [-0.2, 0) is 9.84 Å². The molecule has 1 saturated heterocycles. The van der Waals surface area contributed by atoms with Crippen LogP contribution in [0.3, 0.4) is 0 Å². The zero-order valence-electron chi connectivity index (χ0n) is 11.8. The van der Waals surface area contributed by atoms with Crippen molar-refractivity contribution >= 4 is 15.7 Å². The van der Waals surface area contributed by atoms with Crippen LogP contribution < -0.4 is 0 Å². The minimum atomic E-state index is -4.48. The Balaban J connectivity index is 2.26. The summed E-state index contributed by atoms with van der Waals surface area (Å²) in [5.41, 5.74) is -0.0523. The Hall–Kier alpha value is -1.64. The van der Waals surface area contributed by atoms with Crippen LogP contribution in [0.25, 0.3) is 0 Å². The quantitative estimate of drug-likeness (QED) is 0.829. The first kappa shape index (κ1) is 16.7. The van der Waals surface area contributed by atoms with Crippen LogP contribution >= 0.6 is 0 Å². The lowest BCUT2D eigenvalue weighted by Crippen LogP contribution is -2.51. The average molecular weight is 336 g/mol. The summed E-state index contributed by atoms with van der Waals surface area (Å²) in [5, 5.41) is -0.227. The molecule has 122 valence electrons. The van der Waals surface area contributed by atoms with Crippen molar-refractivity contribution in [2.75, 3.05) is 12.8 Å². The topological polar surface area (TPSA) is 67.3 Å². The van der Waals surface area contributed by atoms with Gasteiger partial charge in [-0.2, -0.15) is 13.2 Å². The molecule has 1 aromatic heterocycles.